The first-order valence-electron chi connectivity index (χ1n) is 10.0. The van der Waals surface area contributed by atoms with E-state index in [1.807, 2.05) is 0 Å². The molecule has 25 heavy (non-hydrogen) atoms. The van der Waals surface area contributed by atoms with Crippen LogP contribution in [0.2, 0.25) is 0 Å². The van der Waals surface area contributed by atoms with Crippen molar-refractivity contribution in [3.63, 3.8) is 0 Å². The van der Waals surface area contributed by atoms with Crippen LogP contribution in [0, 0.1) is 0 Å². The molecule has 0 saturated heterocycles. The van der Waals surface area contributed by atoms with Crippen molar-refractivity contribution >= 4 is 0 Å². The van der Waals surface area contributed by atoms with Crippen LogP contribution in [0.1, 0.15) is 59.3 Å². The van der Waals surface area contributed by atoms with Crippen LogP contribution < -0.4 is 34.4 Å². The maximum atomic E-state index is 4.90. The van der Waals surface area contributed by atoms with E-state index >= 15 is 0 Å². The molecule has 0 rings (SSSR count). The second-order valence-electron chi connectivity index (χ2n) is 5.63. The van der Waals surface area contributed by atoms with Gasteiger partial charge >= 0.3 is 0 Å². The zero-order valence-electron chi connectivity index (χ0n) is 17.5. The Balaban J connectivity index is -0.000000150. The molecule has 0 aliphatic rings. The summed E-state index contributed by atoms with van der Waals surface area (Å²) in [5.74, 6) is 0. The van der Waals surface area contributed by atoms with Crippen LogP contribution in [0.25, 0.3) is 0 Å². The third kappa shape index (κ3) is 51.6. The molecule has 0 aliphatic heterocycles. The highest BCUT2D eigenvalue weighted by molar-refractivity contribution is 4.57. The highest BCUT2D eigenvalue weighted by atomic mass is 15.1. The van der Waals surface area contributed by atoms with Gasteiger partial charge in [-0.25, -0.2) is 0 Å². The third-order valence-electron chi connectivity index (χ3n) is 2.98. The molecule has 0 aromatic carbocycles. The highest BCUT2D eigenvalue weighted by Crippen LogP contribution is 2.01. The fraction of sp³-hybridized carbons (Fsp3) is 1.00. The quantitative estimate of drug-likeness (QED) is 0.292. The molecule has 0 spiro atoms. The van der Waals surface area contributed by atoms with Gasteiger partial charge in [-0.15, -0.1) is 0 Å². The summed E-state index contributed by atoms with van der Waals surface area (Å²) in [6.45, 7) is 14.4. The summed E-state index contributed by atoms with van der Waals surface area (Å²) >= 11 is 0. The number of hydrogen-bond acceptors (Lipinski definition) is 7. The number of unbranched alkanes of at least 4 members (excludes halogenated alkanes) is 3. The Morgan fingerprint density at radius 2 is 0.640 bits per heavy atom. The van der Waals surface area contributed by atoms with Crippen molar-refractivity contribution in [1.82, 2.24) is 4.90 Å². The van der Waals surface area contributed by atoms with Crippen molar-refractivity contribution in [2.75, 3.05) is 58.9 Å². The molecular weight excluding hydrogens is 314 g/mol. The number of hydrogen-bond donors (Lipinski definition) is 6. The van der Waals surface area contributed by atoms with E-state index in [-0.39, 0.29) is 0 Å². The fourth-order valence-electron chi connectivity index (χ4n) is 1.48. The summed E-state index contributed by atoms with van der Waals surface area (Å²) < 4.78 is 0. The van der Waals surface area contributed by atoms with Crippen LogP contribution in [0.15, 0.2) is 0 Å². The zero-order chi connectivity index (χ0) is 20.2. The zero-order valence-corrected chi connectivity index (χ0v) is 17.5. The Bertz CT molecular complexity index is 137. The van der Waals surface area contributed by atoms with Gasteiger partial charge in [0.2, 0.25) is 0 Å². The smallest absolute Gasteiger partial charge is 0.00461 e. The van der Waals surface area contributed by atoms with E-state index in [0.29, 0.717) is 39.3 Å². The summed E-state index contributed by atoms with van der Waals surface area (Å²) in [6.07, 6.45) is 8.09. The monoisotopic (exact) mass is 365 g/mol. The first kappa shape index (κ1) is 32.4. The summed E-state index contributed by atoms with van der Waals surface area (Å²) in [4.78, 5) is 2.64. The molecule has 7 nitrogen and oxygen atoms in total. The first-order chi connectivity index (χ1) is 12.1. The summed E-state index contributed by atoms with van der Waals surface area (Å²) in [5.41, 5.74) is 29.4. The lowest BCUT2D eigenvalue weighted by molar-refractivity contribution is 0.261. The van der Waals surface area contributed by atoms with Gasteiger partial charge in [0, 0.05) is 39.3 Å². The summed E-state index contributed by atoms with van der Waals surface area (Å²) in [5, 5.41) is 0. The Hall–Kier alpha value is -0.280. The first-order valence-corrected chi connectivity index (χ1v) is 10.0. The molecule has 158 valence electrons. The topological polar surface area (TPSA) is 159 Å². The molecule has 0 bridgehead atoms. The lowest BCUT2D eigenvalue weighted by Gasteiger charge is -2.21. The number of nitrogens with zero attached hydrogens (tertiary/aromatic N) is 1. The standard InChI is InChI=1S/C12H27N.3C2H8N2/c1-4-7-10-13(11-8-5-2)12-9-6-3;3*3-1-2-4/h4-12H2,1-3H3;3*1-4H2. The van der Waals surface area contributed by atoms with Gasteiger partial charge in [0.25, 0.3) is 0 Å². The largest absolute Gasteiger partial charge is 0.329 e. The van der Waals surface area contributed by atoms with E-state index in [1.165, 1.54) is 58.2 Å². The molecule has 0 aromatic heterocycles. The van der Waals surface area contributed by atoms with Gasteiger partial charge in [-0.2, -0.15) is 0 Å². The predicted molar refractivity (Wildman–Crippen MR) is 115 cm³/mol. The molecule has 0 aromatic rings. The van der Waals surface area contributed by atoms with E-state index in [0.717, 1.165) is 0 Å². The van der Waals surface area contributed by atoms with Gasteiger partial charge in [0.15, 0.2) is 0 Å². The number of rotatable bonds is 12. The second-order valence-corrected chi connectivity index (χ2v) is 5.63. The van der Waals surface area contributed by atoms with Gasteiger partial charge in [-0.05, 0) is 38.9 Å². The highest BCUT2D eigenvalue weighted by Gasteiger charge is 2.01. The molecule has 0 radical (unpaired) electrons. The van der Waals surface area contributed by atoms with E-state index in [4.69, 9.17) is 34.4 Å². The Labute approximate surface area is 158 Å². The maximum Gasteiger partial charge on any atom is 0.00461 e. The Morgan fingerprint density at radius 3 is 0.760 bits per heavy atom. The molecule has 0 fully saturated rings. The second kappa shape index (κ2) is 39.0. The normalized spacial score (nSPS) is 9.36. The molecule has 0 saturated carbocycles. The van der Waals surface area contributed by atoms with Crippen LogP contribution in [-0.2, 0) is 0 Å². The van der Waals surface area contributed by atoms with Gasteiger partial charge in [0.1, 0.15) is 0 Å². The van der Waals surface area contributed by atoms with Gasteiger partial charge < -0.3 is 39.3 Å². The molecule has 12 N–H and O–H groups in total. The van der Waals surface area contributed by atoms with Crippen LogP contribution in [0.3, 0.4) is 0 Å². The Morgan fingerprint density at radius 1 is 0.440 bits per heavy atom. The minimum Gasteiger partial charge on any atom is -0.329 e. The molecule has 0 aliphatic carbocycles. The molecule has 0 amide bonds. The van der Waals surface area contributed by atoms with Crippen molar-refractivity contribution < 1.29 is 0 Å². The minimum absolute atomic E-state index is 0.597. The van der Waals surface area contributed by atoms with E-state index in [2.05, 4.69) is 25.7 Å². The SMILES string of the molecule is CCCCN(CCCC)CCCC.NCCN.NCCN.NCCN. The molecule has 0 unspecified atom stereocenters. The number of nitrogens with two attached hydrogens (primary N) is 6. The fourth-order valence-corrected chi connectivity index (χ4v) is 1.48. The molecule has 7 heteroatoms. The summed E-state index contributed by atoms with van der Waals surface area (Å²) in [6, 6.07) is 0. The molecule has 0 heterocycles. The van der Waals surface area contributed by atoms with E-state index in [1.54, 1.807) is 0 Å². The molecule has 0 atom stereocenters. The predicted octanol–water partition coefficient (Wildman–Crippen LogP) is 0.400. The van der Waals surface area contributed by atoms with E-state index in [9.17, 15) is 0 Å². The lowest BCUT2D eigenvalue weighted by Crippen LogP contribution is -2.27. The van der Waals surface area contributed by atoms with Crippen LogP contribution in [0.4, 0.5) is 0 Å². The van der Waals surface area contributed by atoms with Gasteiger partial charge in [0.05, 0.1) is 0 Å². The van der Waals surface area contributed by atoms with Crippen molar-refractivity contribution in [2.24, 2.45) is 34.4 Å². The van der Waals surface area contributed by atoms with Crippen LogP contribution >= 0.6 is 0 Å². The average molecular weight is 366 g/mol. The van der Waals surface area contributed by atoms with E-state index < -0.39 is 0 Å². The lowest BCUT2D eigenvalue weighted by atomic mass is 10.2. The third-order valence-corrected chi connectivity index (χ3v) is 2.98. The van der Waals surface area contributed by atoms with Gasteiger partial charge in [-0.1, -0.05) is 40.0 Å². The van der Waals surface area contributed by atoms with Crippen molar-refractivity contribution in [2.45, 2.75) is 59.3 Å². The minimum atomic E-state index is 0.597. The van der Waals surface area contributed by atoms with Crippen molar-refractivity contribution in [1.29, 1.82) is 0 Å². The Kier molecular flexibility index (Phi) is 50.5. The van der Waals surface area contributed by atoms with Crippen molar-refractivity contribution in [3.05, 3.63) is 0 Å². The van der Waals surface area contributed by atoms with Crippen LogP contribution in [0.5, 0.6) is 0 Å². The summed E-state index contributed by atoms with van der Waals surface area (Å²) in [7, 11) is 0. The maximum absolute atomic E-state index is 4.90. The van der Waals surface area contributed by atoms with Gasteiger partial charge in [-0.3, -0.25) is 0 Å². The van der Waals surface area contributed by atoms with Crippen LogP contribution in [-0.4, -0.2) is 63.8 Å². The average Bonchev–Trinajstić information content (AvgIpc) is 2.67. The molecular formula is C18H51N7. The van der Waals surface area contributed by atoms with Crippen molar-refractivity contribution in [3.8, 4) is 0 Å².